The van der Waals surface area contributed by atoms with Crippen molar-refractivity contribution in [1.82, 2.24) is 5.01 Å². The number of morpholine rings is 1. The van der Waals surface area contributed by atoms with Crippen LogP contribution in [0.2, 0.25) is 0 Å². The summed E-state index contributed by atoms with van der Waals surface area (Å²) in [6.45, 7) is 4.48. The molecule has 5 nitrogen and oxygen atoms in total. The lowest BCUT2D eigenvalue weighted by atomic mass is 10.3. The summed E-state index contributed by atoms with van der Waals surface area (Å²) in [5.74, 6) is 0.106. The predicted molar refractivity (Wildman–Crippen MR) is 70.2 cm³/mol. The van der Waals surface area contributed by atoms with Gasteiger partial charge in [-0.2, -0.15) is 0 Å². The lowest BCUT2D eigenvalue weighted by Gasteiger charge is -2.28. The summed E-state index contributed by atoms with van der Waals surface area (Å²) in [5.41, 5.74) is 3.80. The molecule has 0 unspecified atom stereocenters. The van der Waals surface area contributed by atoms with Gasteiger partial charge in [0.2, 0.25) is 0 Å². The Morgan fingerprint density at radius 3 is 2.61 bits per heavy atom. The van der Waals surface area contributed by atoms with Crippen molar-refractivity contribution < 1.29 is 13.2 Å². The normalized spacial score (nSPS) is 17.6. The van der Waals surface area contributed by atoms with E-state index in [1.807, 2.05) is 11.1 Å². The van der Waals surface area contributed by atoms with Crippen molar-refractivity contribution >= 4 is 15.5 Å². The number of ether oxygens (including phenoxy) is 1. The van der Waals surface area contributed by atoms with E-state index >= 15 is 0 Å². The fourth-order valence-corrected chi connectivity index (χ4v) is 2.88. The second kappa shape index (κ2) is 5.69. The molecule has 1 N–H and O–H groups in total. The van der Waals surface area contributed by atoms with Gasteiger partial charge in [-0.1, -0.05) is 19.1 Å². The summed E-state index contributed by atoms with van der Waals surface area (Å²) < 4.78 is 29.2. The second-order valence-electron chi connectivity index (χ2n) is 4.11. The molecule has 1 aliphatic rings. The molecule has 2 rings (SSSR count). The van der Waals surface area contributed by atoms with Gasteiger partial charge in [0.1, 0.15) is 0 Å². The van der Waals surface area contributed by atoms with E-state index in [2.05, 4.69) is 5.43 Å². The number of sulfone groups is 1. The van der Waals surface area contributed by atoms with Crippen LogP contribution >= 0.6 is 0 Å². The topological polar surface area (TPSA) is 58.6 Å². The number of hydrazine groups is 1. The summed E-state index contributed by atoms with van der Waals surface area (Å²) in [6.07, 6.45) is 0. The minimum Gasteiger partial charge on any atom is -0.379 e. The summed E-state index contributed by atoms with van der Waals surface area (Å²) in [6, 6.07) is 7.00. The molecular formula is C12H18N2O3S. The first kappa shape index (κ1) is 13.3. The van der Waals surface area contributed by atoms with E-state index in [1.165, 1.54) is 0 Å². The number of nitrogens with one attached hydrogen (secondary N) is 1. The SMILES string of the molecule is CCS(=O)(=O)c1ccccc1NN1CCOCC1. The van der Waals surface area contributed by atoms with E-state index in [0.717, 1.165) is 13.1 Å². The molecule has 1 aromatic carbocycles. The van der Waals surface area contributed by atoms with Gasteiger partial charge in [0.25, 0.3) is 0 Å². The molecule has 1 heterocycles. The first-order valence-electron chi connectivity index (χ1n) is 6.04. The van der Waals surface area contributed by atoms with Crippen LogP contribution in [0.1, 0.15) is 6.92 Å². The molecule has 100 valence electrons. The number of anilines is 1. The fraction of sp³-hybridized carbons (Fsp3) is 0.500. The van der Waals surface area contributed by atoms with Crippen LogP contribution in [0.25, 0.3) is 0 Å². The number of hydrogen-bond acceptors (Lipinski definition) is 5. The predicted octanol–water partition coefficient (Wildman–Crippen LogP) is 1.14. The number of rotatable bonds is 4. The summed E-state index contributed by atoms with van der Waals surface area (Å²) >= 11 is 0. The van der Waals surface area contributed by atoms with Gasteiger partial charge in [-0.3, -0.25) is 0 Å². The van der Waals surface area contributed by atoms with Crippen LogP contribution in [-0.2, 0) is 14.6 Å². The van der Waals surface area contributed by atoms with Crippen LogP contribution in [0.4, 0.5) is 5.69 Å². The van der Waals surface area contributed by atoms with Crippen LogP contribution in [0.15, 0.2) is 29.2 Å². The molecule has 1 aromatic rings. The Kier molecular flexibility index (Phi) is 4.21. The third-order valence-corrected chi connectivity index (χ3v) is 4.68. The highest BCUT2D eigenvalue weighted by molar-refractivity contribution is 7.91. The maximum Gasteiger partial charge on any atom is 0.180 e. The standard InChI is InChI=1S/C12H18N2O3S/c1-2-18(15,16)12-6-4-3-5-11(12)13-14-7-9-17-10-8-14/h3-6,13H,2,7-10H2,1H3. The average molecular weight is 270 g/mol. The minimum absolute atomic E-state index is 0.106. The van der Waals surface area contributed by atoms with Crippen LogP contribution in [-0.4, -0.2) is 45.5 Å². The zero-order chi connectivity index (χ0) is 13.0. The Hall–Kier alpha value is -1.11. The molecule has 0 bridgehead atoms. The third-order valence-electron chi connectivity index (χ3n) is 2.89. The highest BCUT2D eigenvalue weighted by Gasteiger charge is 2.18. The average Bonchev–Trinajstić information content (AvgIpc) is 2.40. The Morgan fingerprint density at radius 2 is 1.94 bits per heavy atom. The van der Waals surface area contributed by atoms with Crippen LogP contribution in [0.5, 0.6) is 0 Å². The van der Waals surface area contributed by atoms with Gasteiger partial charge < -0.3 is 10.2 Å². The summed E-state index contributed by atoms with van der Waals surface area (Å²) in [5, 5.41) is 1.98. The Morgan fingerprint density at radius 1 is 1.28 bits per heavy atom. The van der Waals surface area contributed by atoms with Crippen molar-refractivity contribution in [3.05, 3.63) is 24.3 Å². The molecule has 0 amide bonds. The highest BCUT2D eigenvalue weighted by Crippen LogP contribution is 2.22. The van der Waals surface area contributed by atoms with E-state index in [0.29, 0.717) is 23.8 Å². The van der Waals surface area contributed by atoms with Crippen molar-refractivity contribution in [2.45, 2.75) is 11.8 Å². The quantitative estimate of drug-likeness (QED) is 0.889. The van der Waals surface area contributed by atoms with Crippen molar-refractivity contribution in [3.63, 3.8) is 0 Å². The van der Waals surface area contributed by atoms with E-state index < -0.39 is 9.84 Å². The maximum atomic E-state index is 12.0. The van der Waals surface area contributed by atoms with Crippen molar-refractivity contribution in [3.8, 4) is 0 Å². The van der Waals surface area contributed by atoms with E-state index in [9.17, 15) is 8.42 Å². The third kappa shape index (κ3) is 3.01. The van der Waals surface area contributed by atoms with Crippen LogP contribution in [0, 0.1) is 0 Å². The molecule has 0 aromatic heterocycles. The molecule has 18 heavy (non-hydrogen) atoms. The van der Waals surface area contributed by atoms with Gasteiger partial charge in [-0.25, -0.2) is 13.4 Å². The van der Waals surface area contributed by atoms with E-state index in [-0.39, 0.29) is 5.75 Å². The molecule has 1 fully saturated rings. The lowest BCUT2D eigenvalue weighted by molar-refractivity contribution is 0.0495. The van der Waals surface area contributed by atoms with Gasteiger partial charge in [0, 0.05) is 13.1 Å². The van der Waals surface area contributed by atoms with Gasteiger partial charge in [-0.15, -0.1) is 0 Å². The zero-order valence-electron chi connectivity index (χ0n) is 10.4. The van der Waals surface area contributed by atoms with E-state index in [1.54, 1.807) is 25.1 Å². The number of para-hydroxylation sites is 1. The van der Waals surface area contributed by atoms with E-state index in [4.69, 9.17) is 4.74 Å². The largest absolute Gasteiger partial charge is 0.379 e. The number of nitrogens with zero attached hydrogens (tertiary/aromatic N) is 1. The molecule has 0 aliphatic carbocycles. The highest BCUT2D eigenvalue weighted by atomic mass is 32.2. The Labute approximate surface area is 108 Å². The molecule has 0 atom stereocenters. The van der Waals surface area contributed by atoms with Crippen molar-refractivity contribution in [2.75, 3.05) is 37.5 Å². The molecule has 1 saturated heterocycles. The Balaban J connectivity index is 2.22. The van der Waals surface area contributed by atoms with Crippen LogP contribution in [0.3, 0.4) is 0 Å². The van der Waals surface area contributed by atoms with Gasteiger partial charge in [-0.05, 0) is 12.1 Å². The zero-order valence-corrected chi connectivity index (χ0v) is 11.2. The van der Waals surface area contributed by atoms with Crippen LogP contribution < -0.4 is 5.43 Å². The lowest BCUT2D eigenvalue weighted by Crippen LogP contribution is -2.40. The first-order valence-corrected chi connectivity index (χ1v) is 7.70. The van der Waals surface area contributed by atoms with Crippen molar-refractivity contribution in [2.24, 2.45) is 0 Å². The number of hydrogen-bond donors (Lipinski definition) is 1. The molecule has 0 saturated carbocycles. The van der Waals surface area contributed by atoms with Gasteiger partial charge >= 0.3 is 0 Å². The number of benzene rings is 1. The monoisotopic (exact) mass is 270 g/mol. The summed E-state index contributed by atoms with van der Waals surface area (Å²) in [7, 11) is -3.20. The van der Waals surface area contributed by atoms with Crippen molar-refractivity contribution in [1.29, 1.82) is 0 Å². The fourth-order valence-electron chi connectivity index (χ4n) is 1.83. The van der Waals surface area contributed by atoms with Gasteiger partial charge in [0.05, 0.1) is 29.5 Å². The summed E-state index contributed by atoms with van der Waals surface area (Å²) in [4.78, 5) is 0.360. The molecule has 0 radical (unpaired) electrons. The first-order chi connectivity index (χ1) is 8.63. The van der Waals surface area contributed by atoms with Gasteiger partial charge in [0.15, 0.2) is 9.84 Å². The smallest absolute Gasteiger partial charge is 0.180 e. The molecule has 0 spiro atoms. The molecular weight excluding hydrogens is 252 g/mol. The Bertz CT molecular complexity index is 496. The minimum atomic E-state index is -3.20. The molecule has 1 aliphatic heterocycles. The maximum absolute atomic E-state index is 12.0. The second-order valence-corrected chi connectivity index (χ2v) is 6.36. The molecule has 6 heteroatoms.